The molecule has 1 heterocycles. The lowest BCUT2D eigenvalue weighted by molar-refractivity contribution is 0.155. The van der Waals surface area contributed by atoms with Crippen molar-refractivity contribution in [1.29, 1.82) is 0 Å². The maximum absolute atomic E-state index is 12.6. The van der Waals surface area contributed by atoms with E-state index in [9.17, 15) is 13.5 Å². The van der Waals surface area contributed by atoms with E-state index in [0.717, 1.165) is 4.31 Å². The molecule has 2 rings (SSSR count). The molecule has 0 radical (unpaired) electrons. The SMILES string of the molecule is Cc1noc(C)c1S(=O)(=O)N(C)CC(O)c1cccc(Cl)c1. The van der Waals surface area contributed by atoms with Crippen molar-refractivity contribution >= 4 is 21.6 Å². The number of aromatic nitrogens is 1. The van der Waals surface area contributed by atoms with Gasteiger partial charge in [-0.15, -0.1) is 0 Å². The minimum absolute atomic E-state index is 0.0355. The van der Waals surface area contributed by atoms with Crippen LogP contribution in [0, 0.1) is 13.8 Å². The molecule has 6 nitrogen and oxygen atoms in total. The van der Waals surface area contributed by atoms with E-state index >= 15 is 0 Å². The smallest absolute Gasteiger partial charge is 0.248 e. The predicted octanol–water partition coefficient (Wildman–Crippen LogP) is 2.30. The van der Waals surface area contributed by atoms with Gasteiger partial charge in [0.25, 0.3) is 0 Å². The van der Waals surface area contributed by atoms with Crippen molar-refractivity contribution in [3.8, 4) is 0 Å². The zero-order valence-corrected chi connectivity index (χ0v) is 14.0. The highest BCUT2D eigenvalue weighted by molar-refractivity contribution is 7.89. The van der Waals surface area contributed by atoms with E-state index in [0.29, 0.717) is 16.3 Å². The Bertz CT molecular complexity index is 753. The number of hydrogen-bond donors (Lipinski definition) is 1. The molecule has 0 aliphatic rings. The monoisotopic (exact) mass is 344 g/mol. The Morgan fingerprint density at radius 3 is 2.64 bits per heavy atom. The Hall–Kier alpha value is -1.41. The van der Waals surface area contributed by atoms with E-state index in [1.54, 1.807) is 31.2 Å². The zero-order chi connectivity index (χ0) is 16.5. The lowest BCUT2D eigenvalue weighted by Gasteiger charge is -2.20. The molecule has 0 fully saturated rings. The van der Waals surface area contributed by atoms with Crippen LogP contribution in [0.1, 0.15) is 23.1 Å². The van der Waals surface area contributed by atoms with Crippen LogP contribution in [0.4, 0.5) is 0 Å². The molecule has 120 valence electrons. The average Bonchev–Trinajstić information content (AvgIpc) is 2.78. The van der Waals surface area contributed by atoms with Gasteiger partial charge in [0.15, 0.2) is 5.76 Å². The maximum Gasteiger partial charge on any atom is 0.248 e. The Morgan fingerprint density at radius 2 is 2.09 bits per heavy atom. The quantitative estimate of drug-likeness (QED) is 0.899. The van der Waals surface area contributed by atoms with Crippen molar-refractivity contribution in [1.82, 2.24) is 9.46 Å². The molecule has 2 aromatic rings. The fourth-order valence-electron chi connectivity index (χ4n) is 2.16. The third-order valence-electron chi connectivity index (χ3n) is 3.30. The first-order chi connectivity index (χ1) is 10.2. The molecule has 22 heavy (non-hydrogen) atoms. The molecule has 1 unspecified atom stereocenters. The highest BCUT2D eigenvalue weighted by Crippen LogP contribution is 2.25. The number of nitrogens with zero attached hydrogens (tertiary/aromatic N) is 2. The highest BCUT2D eigenvalue weighted by Gasteiger charge is 2.30. The van der Waals surface area contributed by atoms with Gasteiger partial charge in [0, 0.05) is 18.6 Å². The number of aliphatic hydroxyl groups is 1. The average molecular weight is 345 g/mol. The summed E-state index contributed by atoms with van der Waals surface area (Å²) in [6, 6.07) is 6.67. The predicted molar refractivity (Wildman–Crippen MR) is 82.2 cm³/mol. The van der Waals surface area contributed by atoms with Crippen molar-refractivity contribution in [3.63, 3.8) is 0 Å². The van der Waals surface area contributed by atoms with Crippen LogP contribution in [0.5, 0.6) is 0 Å². The minimum atomic E-state index is -3.79. The van der Waals surface area contributed by atoms with Crippen LogP contribution >= 0.6 is 11.6 Å². The largest absolute Gasteiger partial charge is 0.387 e. The van der Waals surface area contributed by atoms with Crippen molar-refractivity contribution in [2.45, 2.75) is 24.8 Å². The number of halogens is 1. The van der Waals surface area contributed by atoms with Crippen LogP contribution in [-0.4, -0.2) is 36.6 Å². The number of likely N-dealkylation sites (N-methyl/N-ethyl adjacent to an activating group) is 1. The summed E-state index contributed by atoms with van der Waals surface area (Å²) in [4.78, 5) is 0.0355. The molecule has 0 aliphatic carbocycles. The summed E-state index contributed by atoms with van der Waals surface area (Å²) >= 11 is 5.87. The Balaban J connectivity index is 2.23. The summed E-state index contributed by atoms with van der Waals surface area (Å²) in [7, 11) is -2.39. The van der Waals surface area contributed by atoms with Crippen molar-refractivity contribution < 1.29 is 18.0 Å². The van der Waals surface area contributed by atoms with Crippen molar-refractivity contribution in [3.05, 3.63) is 46.3 Å². The van der Waals surface area contributed by atoms with Gasteiger partial charge in [0.2, 0.25) is 10.0 Å². The molecule has 0 spiro atoms. The van der Waals surface area contributed by atoms with Gasteiger partial charge in [0.05, 0.1) is 6.10 Å². The van der Waals surface area contributed by atoms with Gasteiger partial charge < -0.3 is 9.63 Å². The maximum atomic E-state index is 12.6. The lowest BCUT2D eigenvalue weighted by atomic mass is 10.1. The van der Waals surface area contributed by atoms with Crippen LogP contribution in [0.3, 0.4) is 0 Å². The molecule has 0 saturated heterocycles. The molecule has 0 saturated carbocycles. The number of aliphatic hydroxyl groups excluding tert-OH is 1. The summed E-state index contributed by atoms with van der Waals surface area (Å²) in [5.74, 6) is 0.224. The topological polar surface area (TPSA) is 83.6 Å². The number of sulfonamides is 1. The zero-order valence-electron chi connectivity index (χ0n) is 12.4. The summed E-state index contributed by atoms with van der Waals surface area (Å²) < 4.78 is 31.1. The number of hydrogen-bond acceptors (Lipinski definition) is 5. The molecule has 1 aromatic carbocycles. The van der Waals surface area contributed by atoms with Gasteiger partial charge in [-0.2, -0.15) is 4.31 Å². The van der Waals surface area contributed by atoms with Gasteiger partial charge in [-0.3, -0.25) is 0 Å². The van der Waals surface area contributed by atoms with Crippen molar-refractivity contribution in [2.24, 2.45) is 0 Å². The third kappa shape index (κ3) is 3.33. The van der Waals surface area contributed by atoms with Gasteiger partial charge in [-0.1, -0.05) is 28.9 Å². The second kappa shape index (κ2) is 6.37. The van der Waals surface area contributed by atoms with E-state index in [1.807, 2.05) is 0 Å². The first-order valence-corrected chi connectivity index (χ1v) is 8.38. The first kappa shape index (κ1) is 17.0. The summed E-state index contributed by atoms with van der Waals surface area (Å²) in [6.45, 7) is 2.99. The van der Waals surface area contributed by atoms with E-state index in [2.05, 4.69) is 5.16 Å². The molecule has 1 atom stereocenters. The molecular weight excluding hydrogens is 328 g/mol. The summed E-state index contributed by atoms with van der Waals surface area (Å²) in [5, 5.41) is 14.3. The Morgan fingerprint density at radius 1 is 1.41 bits per heavy atom. The number of aryl methyl sites for hydroxylation is 2. The van der Waals surface area contributed by atoms with E-state index < -0.39 is 16.1 Å². The molecule has 0 amide bonds. The van der Waals surface area contributed by atoms with E-state index in [1.165, 1.54) is 14.0 Å². The lowest BCUT2D eigenvalue weighted by Crippen LogP contribution is -2.31. The summed E-state index contributed by atoms with van der Waals surface area (Å²) in [5.41, 5.74) is 0.843. The van der Waals surface area contributed by atoms with Gasteiger partial charge in [-0.25, -0.2) is 8.42 Å². The normalized spacial score (nSPS) is 13.5. The van der Waals surface area contributed by atoms with Crippen LogP contribution in [0.2, 0.25) is 5.02 Å². The van der Waals surface area contributed by atoms with Gasteiger partial charge in [-0.05, 0) is 31.5 Å². The van der Waals surface area contributed by atoms with E-state index in [4.69, 9.17) is 16.1 Å². The minimum Gasteiger partial charge on any atom is -0.387 e. The molecule has 1 aromatic heterocycles. The van der Waals surface area contributed by atoms with Crippen LogP contribution < -0.4 is 0 Å². The second-order valence-corrected chi connectivity index (χ2v) is 7.43. The number of rotatable bonds is 5. The van der Waals surface area contributed by atoms with Crippen LogP contribution in [0.15, 0.2) is 33.7 Å². The highest BCUT2D eigenvalue weighted by atomic mass is 35.5. The molecule has 0 bridgehead atoms. The number of benzene rings is 1. The molecule has 0 aliphatic heterocycles. The molecular formula is C14H17ClN2O4S. The van der Waals surface area contributed by atoms with Crippen LogP contribution in [0.25, 0.3) is 0 Å². The fourth-order valence-corrected chi connectivity index (χ4v) is 3.82. The van der Waals surface area contributed by atoms with E-state index in [-0.39, 0.29) is 17.2 Å². The van der Waals surface area contributed by atoms with Gasteiger partial charge in [0.1, 0.15) is 10.6 Å². The first-order valence-electron chi connectivity index (χ1n) is 6.56. The standard InChI is InChI=1S/C14H17ClN2O4S/c1-9-14(10(2)21-16-9)22(19,20)17(3)8-13(18)11-5-4-6-12(15)7-11/h4-7,13,18H,8H2,1-3H3. The van der Waals surface area contributed by atoms with Gasteiger partial charge >= 0.3 is 0 Å². The summed E-state index contributed by atoms with van der Waals surface area (Å²) in [6.07, 6.45) is -0.987. The van der Waals surface area contributed by atoms with Crippen LogP contribution in [-0.2, 0) is 10.0 Å². The second-order valence-electron chi connectivity index (χ2n) is 5.01. The Labute approximate surface area is 134 Å². The molecule has 1 N–H and O–H groups in total. The Kier molecular flexibility index (Phi) is 4.91. The third-order valence-corrected chi connectivity index (χ3v) is 5.60. The van der Waals surface area contributed by atoms with Crippen molar-refractivity contribution in [2.75, 3.05) is 13.6 Å². The molecule has 8 heteroatoms. The fraction of sp³-hybridized carbons (Fsp3) is 0.357.